The molecule has 138 valence electrons. The highest BCUT2D eigenvalue weighted by Gasteiger charge is 2.18. The molecule has 2 aromatic rings. The lowest BCUT2D eigenvalue weighted by Gasteiger charge is -2.17. The highest BCUT2D eigenvalue weighted by Crippen LogP contribution is 2.24. The number of hydrazine groups is 1. The molecular weight excluding hydrogens is 368 g/mol. The SMILES string of the molecule is Cc1ccc(SCC(=O)NNS(=O)(=O)c2ccc3c(c2)CCCC3)cc1. The lowest BCUT2D eigenvalue weighted by Crippen LogP contribution is -2.42. The summed E-state index contributed by atoms with van der Waals surface area (Å²) in [5.41, 5.74) is 5.74. The van der Waals surface area contributed by atoms with Crippen LogP contribution in [0.25, 0.3) is 0 Å². The molecule has 0 aromatic heterocycles. The summed E-state index contributed by atoms with van der Waals surface area (Å²) < 4.78 is 24.8. The summed E-state index contributed by atoms with van der Waals surface area (Å²) in [5.74, 6) is -0.257. The zero-order valence-corrected chi connectivity index (χ0v) is 16.3. The predicted octanol–water partition coefficient (Wildman–Crippen LogP) is 2.98. The first-order valence-electron chi connectivity index (χ1n) is 8.56. The van der Waals surface area contributed by atoms with E-state index in [0.29, 0.717) is 0 Å². The van der Waals surface area contributed by atoms with Crippen LogP contribution in [0.5, 0.6) is 0 Å². The molecule has 0 saturated carbocycles. The fourth-order valence-electron chi connectivity index (χ4n) is 2.88. The van der Waals surface area contributed by atoms with Crippen molar-refractivity contribution in [2.24, 2.45) is 0 Å². The lowest BCUT2D eigenvalue weighted by atomic mass is 9.92. The van der Waals surface area contributed by atoms with Crippen molar-refractivity contribution in [1.82, 2.24) is 10.3 Å². The number of aryl methyl sites for hydroxylation is 3. The van der Waals surface area contributed by atoms with Crippen molar-refractivity contribution >= 4 is 27.7 Å². The van der Waals surface area contributed by atoms with E-state index in [2.05, 4.69) is 10.3 Å². The molecular formula is C19H22N2O3S2. The smallest absolute Gasteiger partial charge is 0.257 e. The highest BCUT2D eigenvalue weighted by atomic mass is 32.2. The summed E-state index contributed by atoms with van der Waals surface area (Å²) >= 11 is 1.36. The highest BCUT2D eigenvalue weighted by molar-refractivity contribution is 8.00. The molecule has 7 heteroatoms. The zero-order chi connectivity index (χ0) is 18.6. The van der Waals surface area contributed by atoms with Crippen LogP contribution in [-0.4, -0.2) is 20.1 Å². The first-order valence-corrected chi connectivity index (χ1v) is 11.0. The molecule has 0 bridgehead atoms. The first-order chi connectivity index (χ1) is 12.4. The van der Waals surface area contributed by atoms with E-state index >= 15 is 0 Å². The second-order valence-electron chi connectivity index (χ2n) is 6.39. The Kier molecular flexibility index (Phi) is 6.01. The van der Waals surface area contributed by atoms with Gasteiger partial charge in [-0.1, -0.05) is 23.8 Å². The van der Waals surface area contributed by atoms with Crippen LogP contribution < -0.4 is 10.3 Å². The van der Waals surface area contributed by atoms with Crippen LogP contribution >= 0.6 is 11.8 Å². The monoisotopic (exact) mass is 390 g/mol. The van der Waals surface area contributed by atoms with Crippen molar-refractivity contribution in [2.75, 3.05) is 5.75 Å². The van der Waals surface area contributed by atoms with E-state index in [1.807, 2.05) is 37.3 Å². The lowest BCUT2D eigenvalue weighted by molar-refractivity contribution is -0.119. The summed E-state index contributed by atoms with van der Waals surface area (Å²) in [4.78, 5) is 15.3. The minimum atomic E-state index is -3.77. The van der Waals surface area contributed by atoms with E-state index in [4.69, 9.17) is 0 Å². The van der Waals surface area contributed by atoms with Gasteiger partial charge in [0, 0.05) is 4.90 Å². The number of rotatable bonds is 6. The molecule has 2 aromatic carbocycles. The largest absolute Gasteiger partial charge is 0.277 e. The number of thioether (sulfide) groups is 1. The summed E-state index contributed by atoms with van der Waals surface area (Å²) in [6.45, 7) is 2.00. The van der Waals surface area contributed by atoms with E-state index in [1.54, 1.807) is 12.1 Å². The molecule has 1 aliphatic carbocycles. The van der Waals surface area contributed by atoms with Crippen LogP contribution in [-0.2, 0) is 27.7 Å². The Balaban J connectivity index is 1.56. The number of benzene rings is 2. The van der Waals surface area contributed by atoms with Crippen molar-refractivity contribution in [3.05, 3.63) is 59.2 Å². The van der Waals surface area contributed by atoms with Gasteiger partial charge in [0.2, 0.25) is 5.91 Å². The van der Waals surface area contributed by atoms with Gasteiger partial charge in [0.25, 0.3) is 10.0 Å². The number of sulfonamides is 1. The summed E-state index contributed by atoms with van der Waals surface area (Å²) in [6.07, 6.45) is 4.12. The second-order valence-corrected chi connectivity index (χ2v) is 9.12. The standard InChI is InChI=1S/C19H22N2O3S2/c1-14-6-9-17(10-7-14)25-13-19(22)20-21-26(23,24)18-11-8-15-4-2-3-5-16(15)12-18/h6-12,21H,2-5,13H2,1H3,(H,20,22). The predicted molar refractivity (Wildman–Crippen MR) is 103 cm³/mol. The molecule has 0 heterocycles. The number of hydrogen-bond acceptors (Lipinski definition) is 4. The van der Waals surface area contributed by atoms with Gasteiger partial charge in [-0.25, -0.2) is 8.42 Å². The van der Waals surface area contributed by atoms with Crippen LogP contribution in [0.1, 0.15) is 29.5 Å². The molecule has 2 N–H and O–H groups in total. The van der Waals surface area contributed by atoms with Crippen molar-refractivity contribution in [3.63, 3.8) is 0 Å². The van der Waals surface area contributed by atoms with Gasteiger partial charge in [0.05, 0.1) is 10.6 Å². The molecule has 1 amide bonds. The number of fused-ring (bicyclic) bond motifs is 1. The fraction of sp³-hybridized carbons (Fsp3) is 0.316. The van der Waals surface area contributed by atoms with E-state index in [0.717, 1.165) is 41.7 Å². The Morgan fingerprint density at radius 2 is 1.73 bits per heavy atom. The van der Waals surface area contributed by atoms with Crippen molar-refractivity contribution < 1.29 is 13.2 Å². The Morgan fingerprint density at radius 1 is 1.04 bits per heavy atom. The average Bonchev–Trinajstić information content (AvgIpc) is 2.65. The summed E-state index contributed by atoms with van der Waals surface area (Å²) in [5, 5.41) is 0. The Morgan fingerprint density at radius 3 is 2.46 bits per heavy atom. The second kappa shape index (κ2) is 8.24. The van der Waals surface area contributed by atoms with Crippen LogP contribution in [0.3, 0.4) is 0 Å². The molecule has 0 saturated heterocycles. The molecule has 0 aliphatic heterocycles. The quantitative estimate of drug-likeness (QED) is 0.587. The maximum atomic E-state index is 12.4. The van der Waals surface area contributed by atoms with E-state index < -0.39 is 15.9 Å². The van der Waals surface area contributed by atoms with E-state index in [9.17, 15) is 13.2 Å². The van der Waals surface area contributed by atoms with E-state index in [1.165, 1.54) is 17.3 Å². The van der Waals surface area contributed by atoms with Gasteiger partial charge < -0.3 is 0 Å². The number of carbonyl (C=O) groups is 1. The minimum absolute atomic E-state index is 0.135. The van der Waals surface area contributed by atoms with Crippen LogP contribution in [0.4, 0.5) is 0 Å². The van der Waals surface area contributed by atoms with Crippen LogP contribution in [0.2, 0.25) is 0 Å². The van der Waals surface area contributed by atoms with Gasteiger partial charge in [0.15, 0.2) is 0 Å². The average molecular weight is 391 g/mol. The minimum Gasteiger partial charge on any atom is -0.277 e. The molecule has 0 radical (unpaired) electrons. The molecule has 0 atom stereocenters. The number of nitrogens with one attached hydrogen (secondary N) is 2. The van der Waals surface area contributed by atoms with Crippen molar-refractivity contribution in [3.8, 4) is 0 Å². The van der Waals surface area contributed by atoms with Crippen molar-refractivity contribution in [1.29, 1.82) is 0 Å². The maximum absolute atomic E-state index is 12.4. The normalized spacial score (nSPS) is 13.9. The molecule has 26 heavy (non-hydrogen) atoms. The topological polar surface area (TPSA) is 75.3 Å². The van der Waals surface area contributed by atoms with Gasteiger partial charge in [0.1, 0.15) is 0 Å². The number of amides is 1. The van der Waals surface area contributed by atoms with Crippen LogP contribution in [0.15, 0.2) is 52.3 Å². The molecule has 5 nitrogen and oxygen atoms in total. The van der Waals surface area contributed by atoms with Gasteiger partial charge >= 0.3 is 0 Å². The van der Waals surface area contributed by atoms with Gasteiger partial charge in [-0.15, -0.1) is 16.6 Å². The van der Waals surface area contributed by atoms with Gasteiger partial charge in [-0.3, -0.25) is 10.2 Å². The third-order valence-electron chi connectivity index (χ3n) is 4.35. The number of hydrogen-bond donors (Lipinski definition) is 2. The van der Waals surface area contributed by atoms with Gasteiger partial charge in [-0.05, 0) is 68.0 Å². The van der Waals surface area contributed by atoms with Gasteiger partial charge in [-0.2, -0.15) is 0 Å². The Hall–Kier alpha value is -1.83. The first kappa shape index (κ1) is 18.9. The molecule has 3 rings (SSSR count). The molecule has 0 unspecified atom stereocenters. The Bertz CT molecular complexity index is 894. The molecule has 0 fully saturated rings. The third-order valence-corrected chi connectivity index (χ3v) is 6.60. The van der Waals surface area contributed by atoms with Crippen molar-refractivity contribution in [2.45, 2.75) is 42.4 Å². The molecule has 1 aliphatic rings. The van der Waals surface area contributed by atoms with E-state index in [-0.39, 0.29) is 10.6 Å². The summed E-state index contributed by atoms with van der Waals surface area (Å²) in [6, 6.07) is 13.0. The maximum Gasteiger partial charge on any atom is 0.257 e. The summed E-state index contributed by atoms with van der Waals surface area (Å²) in [7, 11) is -3.77. The Labute approximate surface area is 158 Å². The van der Waals surface area contributed by atoms with Crippen LogP contribution in [0, 0.1) is 6.92 Å². The number of carbonyl (C=O) groups excluding carboxylic acids is 1. The zero-order valence-electron chi connectivity index (χ0n) is 14.6. The third kappa shape index (κ3) is 4.87. The fourth-order valence-corrected chi connectivity index (χ4v) is 4.49. The molecule has 0 spiro atoms.